The van der Waals surface area contributed by atoms with Crippen molar-refractivity contribution in [2.75, 3.05) is 13.7 Å². The number of nitrogens with zero attached hydrogens (tertiary/aromatic N) is 1. The Morgan fingerprint density at radius 2 is 1.76 bits per heavy atom. The van der Waals surface area contributed by atoms with Crippen LogP contribution in [0.15, 0.2) is 18.2 Å². The number of methoxy groups -OCH3 is 1. The molecule has 2 aliphatic heterocycles. The van der Waals surface area contributed by atoms with E-state index >= 15 is 0 Å². The number of rotatable bonds is 13. The summed E-state index contributed by atoms with van der Waals surface area (Å²) in [6, 6.07) is 0.0877. The largest absolute Gasteiger partial charge is 0.495 e. The first-order chi connectivity index (χ1) is 24.1. The van der Waals surface area contributed by atoms with Crippen molar-refractivity contribution in [2.45, 2.75) is 128 Å². The summed E-state index contributed by atoms with van der Waals surface area (Å²) < 4.78 is 5.39. The smallest absolute Gasteiger partial charge is 0.289 e. The number of ketones is 1. The van der Waals surface area contributed by atoms with E-state index < -0.39 is 52.6 Å². The number of hydrogen-bond donors (Lipinski definition) is 4. The summed E-state index contributed by atoms with van der Waals surface area (Å²) in [5, 5.41) is 9.18. The summed E-state index contributed by atoms with van der Waals surface area (Å²) in [6.45, 7) is 7.41. The molecule has 51 heavy (non-hydrogen) atoms. The summed E-state index contributed by atoms with van der Waals surface area (Å²) in [5.74, 6) is -2.08. The van der Waals surface area contributed by atoms with Crippen LogP contribution in [0, 0.1) is 11.3 Å². The molecule has 14 heteroatoms. The predicted molar refractivity (Wildman–Crippen MR) is 194 cm³/mol. The zero-order valence-corrected chi connectivity index (χ0v) is 31.7. The number of amides is 4. The Kier molecular flexibility index (Phi) is 12.3. The Balaban J connectivity index is 1.44. The Bertz CT molecular complexity index is 1550. The fraction of sp³-hybridized carbons (Fsp3) is 0.649. The second-order valence-corrected chi connectivity index (χ2v) is 16.3. The zero-order chi connectivity index (χ0) is 37.1. The minimum atomic E-state index is -1.19. The number of benzene rings is 1. The van der Waals surface area contributed by atoms with Gasteiger partial charge in [-0.15, -0.1) is 0 Å². The molecule has 4 amide bonds. The lowest BCUT2D eigenvalue weighted by Gasteiger charge is -2.36. The van der Waals surface area contributed by atoms with Gasteiger partial charge >= 0.3 is 0 Å². The van der Waals surface area contributed by atoms with Gasteiger partial charge in [0.2, 0.25) is 23.5 Å². The van der Waals surface area contributed by atoms with E-state index in [0.717, 1.165) is 38.5 Å². The van der Waals surface area contributed by atoms with Gasteiger partial charge < -0.3 is 25.6 Å². The van der Waals surface area contributed by atoms with Crippen molar-refractivity contribution >= 4 is 58.3 Å². The lowest BCUT2D eigenvalue weighted by molar-refractivity contribution is -0.145. The second-order valence-electron chi connectivity index (χ2n) is 15.5. The molecule has 2 aliphatic carbocycles. The highest BCUT2D eigenvalue weighted by Gasteiger charge is 2.54. The summed E-state index contributed by atoms with van der Waals surface area (Å²) >= 11 is 13.0. The standard InChI is InChI=1S/C37H51Cl2N5O7/c1-6-10-25(31(46)34(48)40-23-13-14-23)41-33(47)27-19-37(18-26(43-51-37)24-16-22(38)17-28(50-5)30(24)39)20-44(27)35(49)32(36(2,3)4)42-29(45)15-21-11-8-7-9-12-21/h16-18,21,23,25,27,32,43H,6-15,19-20H2,1-5H3,(H,40,48)(H,41,47)(H,42,45)/t25-,27-,32+,37+/m0/s1. The SMILES string of the molecule is CCC[C@H](NC(=O)[C@@H]1C[C@]2(C=C(c3cc(Cl)cc(OC)c3Cl)NO2)CN1C(=O)[C@@H](NC(=O)CC1CCCCC1)C(C)(C)C)C(=O)C(=O)NC1CC1. The number of nitrogens with one attached hydrogen (secondary N) is 4. The monoisotopic (exact) mass is 747 g/mol. The van der Waals surface area contributed by atoms with E-state index in [2.05, 4.69) is 21.4 Å². The highest BCUT2D eigenvalue weighted by molar-refractivity contribution is 6.38. The quantitative estimate of drug-likeness (QED) is 0.209. The molecule has 12 nitrogen and oxygen atoms in total. The predicted octanol–water partition coefficient (Wildman–Crippen LogP) is 4.85. The first kappa shape index (κ1) is 38.9. The molecule has 1 saturated heterocycles. The molecular weight excluding hydrogens is 697 g/mol. The number of carbonyl (C=O) groups excluding carboxylic acids is 5. The van der Waals surface area contributed by atoms with Crippen LogP contribution in [0.3, 0.4) is 0 Å². The lowest BCUT2D eigenvalue weighted by atomic mass is 9.84. The molecule has 1 spiro atoms. The van der Waals surface area contributed by atoms with Crippen molar-refractivity contribution in [3.63, 3.8) is 0 Å². The fourth-order valence-electron chi connectivity index (χ4n) is 7.22. The number of carbonyl (C=O) groups is 5. The fourth-order valence-corrected chi connectivity index (χ4v) is 7.72. The van der Waals surface area contributed by atoms with Crippen LogP contribution in [-0.4, -0.2) is 77.7 Å². The first-order valence-corrected chi connectivity index (χ1v) is 18.9. The molecule has 4 atom stereocenters. The van der Waals surface area contributed by atoms with Crippen molar-refractivity contribution < 1.29 is 33.5 Å². The topological polar surface area (TPSA) is 155 Å². The molecule has 0 unspecified atom stereocenters. The van der Waals surface area contributed by atoms with Crippen LogP contribution >= 0.6 is 23.2 Å². The molecule has 1 aromatic carbocycles. The van der Waals surface area contributed by atoms with E-state index in [0.29, 0.717) is 39.9 Å². The van der Waals surface area contributed by atoms with Gasteiger partial charge in [-0.05, 0) is 55.6 Å². The summed E-state index contributed by atoms with van der Waals surface area (Å²) in [7, 11) is 1.48. The van der Waals surface area contributed by atoms with Crippen molar-refractivity contribution in [2.24, 2.45) is 11.3 Å². The van der Waals surface area contributed by atoms with E-state index in [1.54, 1.807) is 18.2 Å². The number of likely N-dealkylation sites (tertiary alicyclic amines) is 1. The van der Waals surface area contributed by atoms with E-state index in [4.69, 9.17) is 32.8 Å². The molecule has 5 rings (SSSR count). The van der Waals surface area contributed by atoms with Gasteiger partial charge in [-0.1, -0.05) is 76.6 Å². The molecule has 0 radical (unpaired) electrons. The second kappa shape index (κ2) is 16.1. The molecule has 280 valence electrons. The highest BCUT2D eigenvalue weighted by Crippen LogP contribution is 2.42. The number of Topliss-reactive ketones (excluding diaryl/α,β-unsaturated/α-hetero) is 1. The van der Waals surface area contributed by atoms with Crippen LogP contribution < -0.4 is 26.2 Å². The Morgan fingerprint density at radius 1 is 1.06 bits per heavy atom. The summed E-state index contributed by atoms with van der Waals surface area (Å²) in [6.07, 6.45) is 9.84. The van der Waals surface area contributed by atoms with Gasteiger partial charge in [0.15, 0.2) is 0 Å². The highest BCUT2D eigenvalue weighted by atomic mass is 35.5. The van der Waals surface area contributed by atoms with Crippen LogP contribution in [0.4, 0.5) is 0 Å². The molecular formula is C37H51Cl2N5O7. The van der Waals surface area contributed by atoms with E-state index in [9.17, 15) is 24.0 Å². The average molecular weight is 749 g/mol. The third kappa shape index (κ3) is 9.37. The molecule has 1 aromatic rings. The first-order valence-electron chi connectivity index (χ1n) is 18.1. The summed E-state index contributed by atoms with van der Waals surface area (Å²) in [5.41, 5.74) is 1.99. The Labute approximate surface area is 310 Å². The maximum absolute atomic E-state index is 14.6. The average Bonchev–Trinajstić information content (AvgIpc) is 3.68. The van der Waals surface area contributed by atoms with Crippen molar-refractivity contribution in [1.29, 1.82) is 0 Å². The molecule has 4 N–H and O–H groups in total. The number of halogens is 2. The Hall–Kier alpha value is -3.35. The third-order valence-electron chi connectivity index (χ3n) is 10.2. The molecule has 3 fully saturated rings. The molecule has 0 aromatic heterocycles. The van der Waals surface area contributed by atoms with Crippen molar-refractivity contribution in [3.05, 3.63) is 33.8 Å². The van der Waals surface area contributed by atoms with Gasteiger partial charge in [0.1, 0.15) is 23.4 Å². The van der Waals surface area contributed by atoms with Crippen LogP contribution in [0.1, 0.15) is 104 Å². The van der Waals surface area contributed by atoms with Crippen LogP contribution in [0.2, 0.25) is 10.0 Å². The van der Waals surface area contributed by atoms with E-state index in [1.165, 1.54) is 18.4 Å². The van der Waals surface area contributed by atoms with Crippen LogP contribution in [-0.2, 0) is 28.8 Å². The van der Waals surface area contributed by atoms with Crippen molar-refractivity contribution in [1.82, 2.24) is 26.3 Å². The van der Waals surface area contributed by atoms with Gasteiger partial charge in [0.05, 0.1) is 30.4 Å². The van der Waals surface area contributed by atoms with Crippen LogP contribution in [0.25, 0.3) is 5.70 Å². The summed E-state index contributed by atoms with van der Waals surface area (Å²) in [4.78, 5) is 75.7. The Morgan fingerprint density at radius 3 is 2.39 bits per heavy atom. The molecule has 2 heterocycles. The number of ether oxygens (including phenoxy) is 1. The lowest BCUT2D eigenvalue weighted by Crippen LogP contribution is -2.59. The number of hydroxylamine groups is 1. The van der Waals surface area contributed by atoms with Gasteiger partial charge in [0, 0.05) is 35.5 Å². The normalized spacial score (nSPS) is 23.2. The molecule has 2 saturated carbocycles. The van der Waals surface area contributed by atoms with Gasteiger partial charge in [-0.2, -0.15) is 0 Å². The minimum Gasteiger partial charge on any atom is -0.495 e. The minimum absolute atomic E-state index is 0.0184. The van der Waals surface area contributed by atoms with Gasteiger partial charge in [-0.25, -0.2) is 0 Å². The van der Waals surface area contributed by atoms with Crippen LogP contribution in [0.5, 0.6) is 5.75 Å². The van der Waals surface area contributed by atoms with E-state index in [1.807, 2.05) is 27.7 Å². The van der Waals surface area contributed by atoms with Gasteiger partial charge in [0.25, 0.3) is 5.91 Å². The molecule has 0 bridgehead atoms. The zero-order valence-electron chi connectivity index (χ0n) is 30.2. The maximum Gasteiger partial charge on any atom is 0.289 e. The van der Waals surface area contributed by atoms with Crippen molar-refractivity contribution in [3.8, 4) is 5.75 Å². The van der Waals surface area contributed by atoms with E-state index in [-0.39, 0.29) is 37.3 Å². The third-order valence-corrected chi connectivity index (χ3v) is 10.8. The van der Waals surface area contributed by atoms with Gasteiger partial charge in [-0.3, -0.25) is 34.3 Å². The molecule has 4 aliphatic rings. The number of hydrogen-bond acceptors (Lipinski definition) is 8. The maximum atomic E-state index is 14.6.